The molecule has 0 bridgehead atoms. The van der Waals surface area contributed by atoms with Crippen molar-refractivity contribution in [2.45, 2.75) is 32.2 Å². The predicted molar refractivity (Wildman–Crippen MR) is 89.4 cm³/mol. The van der Waals surface area contributed by atoms with Crippen molar-refractivity contribution in [1.82, 2.24) is 4.90 Å². The number of nitrogens with zero attached hydrogens (tertiary/aromatic N) is 1. The minimum atomic E-state index is -0.916. The average molecular weight is 336 g/mol. The zero-order valence-corrected chi connectivity index (χ0v) is 13.9. The molecule has 1 aliphatic rings. The van der Waals surface area contributed by atoms with Crippen molar-refractivity contribution in [1.29, 1.82) is 0 Å². The Morgan fingerprint density at radius 2 is 2.17 bits per heavy atom. The van der Waals surface area contributed by atoms with E-state index in [4.69, 9.17) is 5.11 Å². The van der Waals surface area contributed by atoms with Crippen LogP contribution < -0.4 is 5.32 Å². The Morgan fingerprint density at radius 3 is 2.83 bits per heavy atom. The van der Waals surface area contributed by atoms with Gasteiger partial charge in [0.15, 0.2) is 0 Å². The molecule has 2 amide bonds. The molecular formula is C16H20N2O4S. The molecule has 2 atom stereocenters. The van der Waals surface area contributed by atoms with Gasteiger partial charge in [0, 0.05) is 17.9 Å². The minimum absolute atomic E-state index is 0.0385. The van der Waals surface area contributed by atoms with Crippen LogP contribution in [-0.2, 0) is 14.4 Å². The number of thioether (sulfide) groups is 1. The van der Waals surface area contributed by atoms with Gasteiger partial charge in [-0.05, 0) is 24.6 Å². The highest BCUT2D eigenvalue weighted by atomic mass is 32.2. The minimum Gasteiger partial charge on any atom is -0.481 e. The highest BCUT2D eigenvalue weighted by Gasteiger charge is 2.33. The van der Waals surface area contributed by atoms with E-state index < -0.39 is 17.9 Å². The summed E-state index contributed by atoms with van der Waals surface area (Å²) in [6.07, 6.45) is 0.371. The second kappa shape index (κ2) is 7.50. The Morgan fingerprint density at radius 1 is 1.43 bits per heavy atom. The van der Waals surface area contributed by atoms with Gasteiger partial charge in [-0.3, -0.25) is 14.4 Å². The Bertz CT molecular complexity index is 620. The SMILES string of the molecule is CCC(=O)N1CSCC1C(=O)Nc1cccc(C(C)C(=O)O)c1. The highest BCUT2D eigenvalue weighted by molar-refractivity contribution is 7.99. The molecule has 0 spiro atoms. The van der Waals surface area contributed by atoms with Crippen molar-refractivity contribution in [3.8, 4) is 0 Å². The maximum atomic E-state index is 12.4. The van der Waals surface area contributed by atoms with Crippen LogP contribution in [0.15, 0.2) is 24.3 Å². The monoisotopic (exact) mass is 336 g/mol. The first kappa shape index (κ1) is 17.3. The molecule has 1 heterocycles. The van der Waals surface area contributed by atoms with E-state index in [-0.39, 0.29) is 11.8 Å². The molecule has 1 aromatic carbocycles. The Balaban J connectivity index is 2.10. The first-order valence-corrected chi connectivity index (χ1v) is 8.60. The van der Waals surface area contributed by atoms with Gasteiger partial charge in [-0.25, -0.2) is 0 Å². The molecule has 1 fully saturated rings. The Labute approximate surface area is 139 Å². The van der Waals surface area contributed by atoms with Crippen LogP contribution in [0.3, 0.4) is 0 Å². The second-order valence-corrected chi connectivity index (χ2v) is 6.41. The third-order valence-electron chi connectivity index (χ3n) is 3.83. The molecule has 6 nitrogen and oxygen atoms in total. The van der Waals surface area contributed by atoms with Gasteiger partial charge in [-0.15, -0.1) is 11.8 Å². The van der Waals surface area contributed by atoms with Crippen LogP contribution in [-0.4, -0.2) is 45.5 Å². The van der Waals surface area contributed by atoms with Crippen LogP contribution in [0.4, 0.5) is 5.69 Å². The number of hydrogen-bond acceptors (Lipinski definition) is 4. The van der Waals surface area contributed by atoms with Gasteiger partial charge in [-0.1, -0.05) is 19.1 Å². The summed E-state index contributed by atoms with van der Waals surface area (Å²) in [5, 5.41) is 11.9. The van der Waals surface area contributed by atoms with E-state index in [1.54, 1.807) is 54.8 Å². The number of carbonyl (C=O) groups is 3. The lowest BCUT2D eigenvalue weighted by Gasteiger charge is -2.22. The zero-order chi connectivity index (χ0) is 17.0. The van der Waals surface area contributed by atoms with Crippen molar-refractivity contribution in [3.63, 3.8) is 0 Å². The van der Waals surface area contributed by atoms with E-state index in [1.807, 2.05) is 0 Å². The van der Waals surface area contributed by atoms with Crippen molar-refractivity contribution in [2.75, 3.05) is 16.9 Å². The summed E-state index contributed by atoms with van der Waals surface area (Å²) in [5.41, 5.74) is 1.17. The van der Waals surface area contributed by atoms with Crippen molar-refractivity contribution in [3.05, 3.63) is 29.8 Å². The molecule has 1 aliphatic heterocycles. The van der Waals surface area contributed by atoms with E-state index in [9.17, 15) is 14.4 Å². The lowest BCUT2D eigenvalue weighted by Crippen LogP contribution is -2.44. The molecule has 0 radical (unpaired) electrons. The maximum absolute atomic E-state index is 12.4. The van der Waals surface area contributed by atoms with Crippen LogP contribution in [0.1, 0.15) is 31.7 Å². The van der Waals surface area contributed by atoms with E-state index >= 15 is 0 Å². The van der Waals surface area contributed by atoms with Crippen LogP contribution in [0.2, 0.25) is 0 Å². The van der Waals surface area contributed by atoms with E-state index in [1.165, 1.54) is 0 Å². The van der Waals surface area contributed by atoms with Crippen molar-refractivity contribution < 1.29 is 19.5 Å². The number of rotatable bonds is 5. The molecule has 23 heavy (non-hydrogen) atoms. The third kappa shape index (κ3) is 4.04. The Hall–Kier alpha value is -2.02. The maximum Gasteiger partial charge on any atom is 0.310 e. The predicted octanol–water partition coefficient (Wildman–Crippen LogP) is 2.12. The molecule has 124 valence electrons. The molecule has 2 unspecified atom stereocenters. The van der Waals surface area contributed by atoms with Gasteiger partial charge in [-0.2, -0.15) is 0 Å². The normalized spacial score (nSPS) is 18.5. The van der Waals surface area contributed by atoms with Crippen molar-refractivity contribution >= 4 is 35.2 Å². The first-order valence-electron chi connectivity index (χ1n) is 7.45. The number of amides is 2. The fourth-order valence-electron chi connectivity index (χ4n) is 2.36. The number of carboxylic acids is 1. The number of carboxylic acid groups (broad SMARTS) is 1. The van der Waals surface area contributed by atoms with Gasteiger partial charge in [0.1, 0.15) is 6.04 Å². The molecule has 1 saturated heterocycles. The van der Waals surface area contributed by atoms with E-state index in [0.29, 0.717) is 29.3 Å². The summed E-state index contributed by atoms with van der Waals surface area (Å²) >= 11 is 1.55. The smallest absolute Gasteiger partial charge is 0.310 e. The molecule has 7 heteroatoms. The number of benzene rings is 1. The summed E-state index contributed by atoms with van der Waals surface area (Å²) in [4.78, 5) is 36.9. The third-order valence-corrected chi connectivity index (χ3v) is 4.84. The summed E-state index contributed by atoms with van der Waals surface area (Å²) < 4.78 is 0. The molecule has 0 saturated carbocycles. The largest absolute Gasteiger partial charge is 0.481 e. The molecule has 0 aliphatic carbocycles. The fourth-order valence-corrected chi connectivity index (χ4v) is 3.54. The number of anilines is 1. The van der Waals surface area contributed by atoms with Crippen LogP contribution in [0, 0.1) is 0 Å². The number of hydrogen-bond donors (Lipinski definition) is 2. The highest BCUT2D eigenvalue weighted by Crippen LogP contribution is 2.24. The van der Waals surface area contributed by atoms with Gasteiger partial charge in [0.25, 0.3) is 0 Å². The molecule has 1 aromatic rings. The van der Waals surface area contributed by atoms with Crippen LogP contribution in [0.5, 0.6) is 0 Å². The summed E-state index contributed by atoms with van der Waals surface area (Å²) in [6, 6.07) is 6.32. The molecule has 2 N–H and O–H groups in total. The van der Waals surface area contributed by atoms with Gasteiger partial charge >= 0.3 is 5.97 Å². The lowest BCUT2D eigenvalue weighted by molar-refractivity contribution is -0.138. The van der Waals surface area contributed by atoms with E-state index in [0.717, 1.165) is 0 Å². The summed E-state index contributed by atoms with van der Waals surface area (Å²) in [6.45, 7) is 3.37. The average Bonchev–Trinajstić information content (AvgIpc) is 3.03. The molecule has 0 aromatic heterocycles. The molecular weight excluding hydrogens is 316 g/mol. The summed E-state index contributed by atoms with van der Waals surface area (Å²) in [5.74, 6) is -0.739. The lowest BCUT2D eigenvalue weighted by atomic mass is 10.0. The number of aliphatic carboxylic acids is 1. The summed E-state index contributed by atoms with van der Waals surface area (Å²) in [7, 11) is 0. The molecule has 2 rings (SSSR count). The van der Waals surface area contributed by atoms with Crippen LogP contribution >= 0.6 is 11.8 Å². The van der Waals surface area contributed by atoms with Gasteiger partial charge in [0.05, 0.1) is 11.8 Å². The van der Waals surface area contributed by atoms with Gasteiger partial charge < -0.3 is 15.3 Å². The quantitative estimate of drug-likeness (QED) is 0.860. The topological polar surface area (TPSA) is 86.7 Å². The number of carbonyl (C=O) groups excluding carboxylic acids is 2. The van der Waals surface area contributed by atoms with Crippen molar-refractivity contribution in [2.24, 2.45) is 0 Å². The van der Waals surface area contributed by atoms with E-state index in [2.05, 4.69) is 5.32 Å². The standard InChI is InChI=1S/C16H20N2O4S/c1-3-14(19)18-9-23-8-13(18)15(20)17-12-6-4-5-11(7-12)10(2)16(21)22/h4-7,10,13H,3,8-9H2,1-2H3,(H,17,20)(H,21,22). The first-order chi connectivity index (χ1) is 10.9. The van der Waals surface area contributed by atoms with Crippen LogP contribution in [0.25, 0.3) is 0 Å². The zero-order valence-electron chi connectivity index (χ0n) is 13.1. The second-order valence-electron chi connectivity index (χ2n) is 5.41. The fraction of sp³-hybridized carbons (Fsp3) is 0.438. The number of nitrogens with one attached hydrogen (secondary N) is 1. The van der Waals surface area contributed by atoms with Gasteiger partial charge in [0.2, 0.25) is 11.8 Å². The Kier molecular flexibility index (Phi) is 5.65.